The van der Waals surface area contributed by atoms with E-state index >= 15 is 0 Å². The highest BCUT2D eigenvalue weighted by Crippen LogP contribution is 2.25. The molecule has 238 valence electrons. The summed E-state index contributed by atoms with van der Waals surface area (Å²) in [7, 11) is 0. The summed E-state index contributed by atoms with van der Waals surface area (Å²) in [5.41, 5.74) is 3.99. The largest absolute Gasteiger partial charge is 0.480 e. The summed E-state index contributed by atoms with van der Waals surface area (Å²) in [5, 5.41) is 34.1. The molecule has 12 nitrogen and oxygen atoms in total. The number of rotatable bonds is 14. The van der Waals surface area contributed by atoms with Crippen LogP contribution in [0.2, 0.25) is 0 Å². The molecule has 0 bridgehead atoms. The molecule has 2 aromatic carbocycles. The predicted molar refractivity (Wildman–Crippen MR) is 162 cm³/mol. The number of hydroxylamine groups is 1. The van der Waals surface area contributed by atoms with E-state index in [9.17, 15) is 34.2 Å². The van der Waals surface area contributed by atoms with Gasteiger partial charge in [-0.1, -0.05) is 76.1 Å². The molecule has 0 saturated carbocycles. The summed E-state index contributed by atoms with van der Waals surface area (Å²) in [6.45, 7) is 5.64. The molecular formula is C32H42N4O8. The van der Waals surface area contributed by atoms with Crippen molar-refractivity contribution < 1.29 is 39.4 Å². The molecule has 12 heteroatoms. The van der Waals surface area contributed by atoms with Crippen molar-refractivity contribution in [3.05, 3.63) is 59.7 Å². The lowest BCUT2D eigenvalue weighted by Gasteiger charge is -2.26. The van der Waals surface area contributed by atoms with Crippen molar-refractivity contribution >= 4 is 29.8 Å². The highest BCUT2D eigenvalue weighted by Gasteiger charge is 2.42. The number of nitrogens with zero attached hydrogens (tertiary/aromatic N) is 1. The first kappa shape index (κ1) is 34.0. The second-order valence-corrected chi connectivity index (χ2v) is 11.6. The van der Waals surface area contributed by atoms with E-state index in [4.69, 9.17) is 5.21 Å². The van der Waals surface area contributed by atoms with E-state index < -0.39 is 47.8 Å². The fourth-order valence-corrected chi connectivity index (χ4v) is 5.54. The Hall–Kier alpha value is -4.45. The Morgan fingerprint density at radius 1 is 0.977 bits per heavy atom. The lowest BCUT2D eigenvalue weighted by molar-refractivity contribution is -0.143. The zero-order chi connectivity index (χ0) is 32.4. The number of aromatic carboxylic acids is 1. The molecule has 0 spiro atoms. The maximum Gasteiger partial charge on any atom is 0.336 e. The number of hydrogen-bond donors (Lipinski definition) is 6. The first-order valence-electron chi connectivity index (χ1n) is 14.9. The predicted octanol–water partition coefficient (Wildman–Crippen LogP) is 3.67. The molecular weight excluding hydrogens is 568 g/mol. The molecule has 1 heterocycles. The van der Waals surface area contributed by atoms with E-state index in [1.165, 1.54) is 10.4 Å². The van der Waals surface area contributed by atoms with Gasteiger partial charge in [0.05, 0.1) is 5.56 Å². The van der Waals surface area contributed by atoms with Gasteiger partial charge in [-0.05, 0) is 47.9 Å². The molecule has 1 fully saturated rings. The lowest BCUT2D eigenvalue weighted by Crippen LogP contribution is -2.50. The molecule has 44 heavy (non-hydrogen) atoms. The van der Waals surface area contributed by atoms with Crippen LogP contribution in [0.15, 0.2) is 48.5 Å². The number of carbonyl (C=O) groups is 5. The zero-order valence-corrected chi connectivity index (χ0v) is 25.3. The third kappa shape index (κ3) is 9.03. The minimum atomic E-state index is -1.20. The molecule has 3 rings (SSSR count). The molecule has 4 atom stereocenters. The van der Waals surface area contributed by atoms with Crippen LogP contribution in [0.3, 0.4) is 0 Å². The van der Waals surface area contributed by atoms with E-state index in [0.717, 1.165) is 24.0 Å². The van der Waals surface area contributed by atoms with E-state index in [-0.39, 0.29) is 36.9 Å². The van der Waals surface area contributed by atoms with Gasteiger partial charge in [0.2, 0.25) is 5.91 Å². The van der Waals surface area contributed by atoms with Crippen molar-refractivity contribution in [2.45, 2.75) is 77.4 Å². The number of urea groups is 1. The SMILES string of the molecule is CCCCC(Cc1ccc(-c2ccccc2C(=O)O)cc1)NC(=O)N1C[C@@H](NC(=O)C(CC(C)C)C(=O)NO)C[C@H]1C(=O)O. The number of nitrogens with one attached hydrogen (secondary N) is 3. The van der Waals surface area contributed by atoms with Crippen LogP contribution in [0, 0.1) is 11.8 Å². The fraction of sp³-hybridized carbons (Fsp3) is 0.469. The second kappa shape index (κ2) is 15.9. The molecule has 1 aliphatic rings. The Morgan fingerprint density at radius 2 is 1.66 bits per heavy atom. The summed E-state index contributed by atoms with van der Waals surface area (Å²) in [6.07, 6.45) is 3.02. The van der Waals surface area contributed by atoms with Gasteiger partial charge in [-0.15, -0.1) is 0 Å². The highest BCUT2D eigenvalue weighted by molar-refractivity contribution is 6.00. The fourth-order valence-electron chi connectivity index (χ4n) is 5.54. The first-order valence-corrected chi connectivity index (χ1v) is 14.9. The third-order valence-electron chi connectivity index (χ3n) is 7.78. The van der Waals surface area contributed by atoms with Gasteiger partial charge in [0.1, 0.15) is 12.0 Å². The number of carboxylic acid groups (broad SMARTS) is 2. The lowest BCUT2D eigenvalue weighted by atomic mass is 9.95. The molecule has 6 N–H and O–H groups in total. The maximum atomic E-state index is 13.4. The Kier molecular flexibility index (Phi) is 12.3. The Morgan fingerprint density at radius 3 is 2.25 bits per heavy atom. The van der Waals surface area contributed by atoms with Crippen LogP contribution in [-0.2, 0) is 20.8 Å². The van der Waals surface area contributed by atoms with Gasteiger partial charge in [-0.25, -0.2) is 19.9 Å². The quantitative estimate of drug-likeness (QED) is 0.106. The second-order valence-electron chi connectivity index (χ2n) is 11.6. The minimum absolute atomic E-state index is 0.0162. The average Bonchev–Trinajstić information content (AvgIpc) is 3.42. The molecule has 1 saturated heterocycles. The van der Waals surface area contributed by atoms with Crippen molar-refractivity contribution in [2.24, 2.45) is 11.8 Å². The molecule has 4 amide bonds. The van der Waals surface area contributed by atoms with Crippen LogP contribution in [0.25, 0.3) is 11.1 Å². The average molecular weight is 611 g/mol. The van der Waals surface area contributed by atoms with Crippen LogP contribution < -0.4 is 16.1 Å². The molecule has 0 radical (unpaired) electrons. The number of carboxylic acids is 2. The highest BCUT2D eigenvalue weighted by atomic mass is 16.5. The van der Waals surface area contributed by atoms with E-state index in [2.05, 4.69) is 10.6 Å². The van der Waals surface area contributed by atoms with E-state index in [1.807, 2.05) is 45.0 Å². The van der Waals surface area contributed by atoms with Gasteiger partial charge in [-0.2, -0.15) is 0 Å². The van der Waals surface area contributed by atoms with Crippen LogP contribution >= 0.6 is 0 Å². The van der Waals surface area contributed by atoms with Crippen LogP contribution in [-0.4, -0.2) is 74.8 Å². The van der Waals surface area contributed by atoms with Crippen molar-refractivity contribution in [3.8, 4) is 11.1 Å². The van der Waals surface area contributed by atoms with Gasteiger partial charge >= 0.3 is 18.0 Å². The standard InChI is InChI=1S/C32H42N4O8/c1-4-5-8-22(16-20-11-13-21(14-12-20)24-9-6-7-10-25(24)30(39)40)34-32(43)36-18-23(17-27(36)31(41)42)33-28(37)26(15-19(2)3)29(38)35-44/h6-7,9-14,19,22-23,26-27,44H,4-5,8,15-18H2,1-3H3,(H,33,37)(H,34,43)(H,35,38)(H,39,40)(H,41,42)/t22?,23-,26?,27-/m0/s1. The van der Waals surface area contributed by atoms with Crippen LogP contribution in [0.4, 0.5) is 4.79 Å². The Balaban J connectivity index is 1.71. The smallest absolute Gasteiger partial charge is 0.336 e. The number of likely N-dealkylation sites (tertiary alicyclic amines) is 1. The zero-order valence-electron chi connectivity index (χ0n) is 25.3. The minimum Gasteiger partial charge on any atom is -0.480 e. The third-order valence-corrected chi connectivity index (χ3v) is 7.78. The molecule has 2 aromatic rings. The van der Waals surface area contributed by atoms with Gasteiger partial charge < -0.3 is 25.7 Å². The van der Waals surface area contributed by atoms with Crippen LogP contribution in [0.5, 0.6) is 0 Å². The summed E-state index contributed by atoms with van der Waals surface area (Å²) in [4.78, 5) is 63.3. The van der Waals surface area contributed by atoms with Gasteiger partial charge in [0.25, 0.3) is 5.91 Å². The topological polar surface area (TPSA) is 185 Å². The summed E-state index contributed by atoms with van der Waals surface area (Å²) in [5.74, 6) is -4.88. The number of carbonyl (C=O) groups excluding carboxylic acids is 3. The monoisotopic (exact) mass is 610 g/mol. The van der Waals surface area contributed by atoms with Crippen molar-refractivity contribution in [3.63, 3.8) is 0 Å². The maximum absolute atomic E-state index is 13.4. The summed E-state index contributed by atoms with van der Waals surface area (Å²) < 4.78 is 0. The van der Waals surface area contributed by atoms with Crippen molar-refractivity contribution in [1.82, 2.24) is 21.0 Å². The molecule has 1 aliphatic heterocycles. The normalized spacial score (nSPS) is 17.5. The Bertz CT molecular complexity index is 1330. The number of unbranched alkanes of at least 4 members (excludes halogenated alkanes) is 1. The number of hydrogen-bond acceptors (Lipinski definition) is 6. The summed E-state index contributed by atoms with van der Waals surface area (Å²) >= 11 is 0. The number of aliphatic carboxylic acids is 1. The van der Waals surface area contributed by atoms with E-state index in [0.29, 0.717) is 18.4 Å². The molecule has 0 aromatic heterocycles. The van der Waals surface area contributed by atoms with E-state index in [1.54, 1.807) is 24.3 Å². The summed E-state index contributed by atoms with van der Waals surface area (Å²) in [6, 6.07) is 11.5. The van der Waals surface area contributed by atoms with Gasteiger partial charge in [-0.3, -0.25) is 14.8 Å². The van der Waals surface area contributed by atoms with Crippen molar-refractivity contribution in [2.75, 3.05) is 6.54 Å². The molecule has 0 aliphatic carbocycles. The molecule has 2 unspecified atom stereocenters. The van der Waals surface area contributed by atoms with Gasteiger partial charge in [0.15, 0.2) is 0 Å². The Labute approximate surface area is 256 Å². The number of benzene rings is 2. The van der Waals surface area contributed by atoms with Gasteiger partial charge in [0, 0.05) is 25.0 Å². The van der Waals surface area contributed by atoms with Crippen molar-refractivity contribution in [1.29, 1.82) is 0 Å². The first-order chi connectivity index (χ1) is 20.9. The number of amides is 4. The van der Waals surface area contributed by atoms with Crippen LogP contribution in [0.1, 0.15) is 68.8 Å².